The van der Waals surface area contributed by atoms with Crippen LogP contribution in [-0.4, -0.2) is 29.2 Å². The number of Topliss-reactive ketones (excluding diaryl/α,β-unsaturated/α-hetero) is 1. The number of hydrogen-bond acceptors (Lipinski definition) is 3. The third-order valence-corrected chi connectivity index (χ3v) is 2.87. The fourth-order valence-corrected chi connectivity index (χ4v) is 1.97. The molecule has 0 bridgehead atoms. The van der Waals surface area contributed by atoms with E-state index in [4.69, 9.17) is 11.6 Å². The number of nitrogens with zero attached hydrogens (tertiary/aromatic N) is 2. The predicted molar refractivity (Wildman–Crippen MR) is 64.9 cm³/mol. The van der Waals surface area contributed by atoms with Crippen LogP contribution in [0.3, 0.4) is 0 Å². The molecule has 1 rings (SSSR count). The molecule has 0 radical (unpaired) electrons. The Morgan fingerprint density at radius 2 is 2.19 bits per heavy atom. The van der Waals surface area contributed by atoms with Crippen LogP contribution in [0.2, 0.25) is 5.02 Å². The normalized spacial score (nSPS) is 10.8. The number of carbonyl (C=O) groups excluding carboxylic acids is 1. The topological polar surface area (TPSA) is 46.9 Å². The van der Waals surface area contributed by atoms with Crippen molar-refractivity contribution in [1.29, 1.82) is 0 Å². The number of halogens is 1. The van der Waals surface area contributed by atoms with Crippen LogP contribution in [0.4, 0.5) is 0 Å². The van der Waals surface area contributed by atoms with Crippen molar-refractivity contribution in [3.8, 4) is 0 Å². The molecular weight excluding hydrogens is 226 g/mol. The maximum Gasteiger partial charge on any atom is 0.152 e. The highest BCUT2D eigenvalue weighted by Gasteiger charge is 2.16. The molecule has 90 valence electrons. The zero-order chi connectivity index (χ0) is 12.1. The van der Waals surface area contributed by atoms with E-state index in [9.17, 15) is 4.79 Å². The number of aryl methyl sites for hydroxylation is 2. The van der Waals surface area contributed by atoms with E-state index in [0.717, 1.165) is 24.4 Å². The quantitative estimate of drug-likeness (QED) is 0.823. The number of aromatic nitrogens is 2. The Balaban J connectivity index is 2.93. The van der Waals surface area contributed by atoms with Gasteiger partial charge in [0.05, 0.1) is 29.4 Å². The van der Waals surface area contributed by atoms with E-state index in [0.29, 0.717) is 18.0 Å². The average molecular weight is 244 g/mol. The summed E-state index contributed by atoms with van der Waals surface area (Å²) in [7, 11) is 1.76. The van der Waals surface area contributed by atoms with Crippen molar-refractivity contribution in [2.75, 3.05) is 13.6 Å². The first-order chi connectivity index (χ1) is 7.63. The fraction of sp³-hybridized carbons (Fsp3) is 0.636. The Kier molecular flexibility index (Phi) is 4.96. The first kappa shape index (κ1) is 13.2. The number of carbonyl (C=O) groups is 1. The van der Waals surface area contributed by atoms with Crippen molar-refractivity contribution < 1.29 is 4.79 Å². The zero-order valence-electron chi connectivity index (χ0n) is 10.0. The van der Waals surface area contributed by atoms with Gasteiger partial charge in [-0.15, -0.1) is 0 Å². The van der Waals surface area contributed by atoms with Crippen molar-refractivity contribution >= 4 is 17.4 Å². The van der Waals surface area contributed by atoms with Crippen molar-refractivity contribution in [3.05, 3.63) is 16.4 Å². The lowest BCUT2D eigenvalue weighted by Gasteiger charge is -2.04. The SMILES string of the molecule is CCc1nn(CC)c(CC(=O)CNC)c1Cl. The molecule has 1 aromatic heterocycles. The number of ketones is 1. The Labute approximate surface area is 101 Å². The summed E-state index contributed by atoms with van der Waals surface area (Å²) in [4.78, 5) is 11.6. The summed E-state index contributed by atoms with van der Waals surface area (Å²) >= 11 is 6.20. The second-order valence-electron chi connectivity index (χ2n) is 3.62. The third-order valence-electron chi connectivity index (χ3n) is 2.43. The molecule has 0 fully saturated rings. The van der Waals surface area contributed by atoms with Crippen molar-refractivity contribution in [2.45, 2.75) is 33.2 Å². The van der Waals surface area contributed by atoms with Crippen LogP contribution in [0, 0.1) is 0 Å². The molecular formula is C11H18ClN3O. The summed E-state index contributed by atoms with van der Waals surface area (Å²) in [5.74, 6) is 0.127. The molecule has 0 atom stereocenters. The molecule has 1 aromatic rings. The Bertz CT molecular complexity index is 374. The molecule has 0 aromatic carbocycles. The van der Waals surface area contributed by atoms with E-state index >= 15 is 0 Å². The molecule has 0 aliphatic heterocycles. The monoisotopic (exact) mass is 243 g/mol. The van der Waals surface area contributed by atoms with Crippen LogP contribution < -0.4 is 5.32 Å². The number of hydrogen-bond donors (Lipinski definition) is 1. The molecule has 0 saturated carbocycles. The lowest BCUT2D eigenvalue weighted by atomic mass is 10.2. The van der Waals surface area contributed by atoms with Crippen LogP contribution >= 0.6 is 11.6 Å². The van der Waals surface area contributed by atoms with Crippen LogP contribution in [0.1, 0.15) is 25.2 Å². The molecule has 0 aliphatic rings. The fourth-order valence-electron chi connectivity index (χ4n) is 1.63. The van der Waals surface area contributed by atoms with Gasteiger partial charge in [-0.25, -0.2) is 0 Å². The standard InChI is InChI=1S/C11H18ClN3O/c1-4-9-11(12)10(15(5-2)14-9)6-8(16)7-13-3/h13H,4-7H2,1-3H3. The first-order valence-corrected chi connectivity index (χ1v) is 5.92. The molecule has 0 unspecified atom stereocenters. The Morgan fingerprint density at radius 3 is 2.69 bits per heavy atom. The lowest BCUT2D eigenvalue weighted by Crippen LogP contribution is -2.21. The van der Waals surface area contributed by atoms with Crippen molar-refractivity contribution in [3.63, 3.8) is 0 Å². The molecule has 0 aliphatic carbocycles. The summed E-state index contributed by atoms with van der Waals surface area (Å²) < 4.78 is 1.81. The van der Waals surface area contributed by atoms with Crippen LogP contribution in [-0.2, 0) is 24.2 Å². The second-order valence-corrected chi connectivity index (χ2v) is 4.00. The zero-order valence-corrected chi connectivity index (χ0v) is 10.8. The van der Waals surface area contributed by atoms with E-state index < -0.39 is 0 Å². The summed E-state index contributed by atoms with van der Waals surface area (Å²) in [5, 5.41) is 7.86. The minimum Gasteiger partial charge on any atom is -0.313 e. The van der Waals surface area contributed by atoms with Crippen molar-refractivity contribution in [1.82, 2.24) is 15.1 Å². The number of likely N-dealkylation sites (N-methyl/N-ethyl adjacent to an activating group) is 1. The summed E-state index contributed by atoms with van der Waals surface area (Å²) in [5.41, 5.74) is 1.71. The summed E-state index contributed by atoms with van der Waals surface area (Å²) in [6, 6.07) is 0. The molecule has 5 heteroatoms. The lowest BCUT2D eigenvalue weighted by molar-refractivity contribution is -0.117. The maximum absolute atomic E-state index is 11.6. The van der Waals surface area contributed by atoms with Crippen LogP contribution in [0.5, 0.6) is 0 Å². The third kappa shape index (κ3) is 2.83. The highest BCUT2D eigenvalue weighted by atomic mass is 35.5. The average Bonchev–Trinajstić information content (AvgIpc) is 2.56. The van der Waals surface area contributed by atoms with Gasteiger partial charge in [-0.1, -0.05) is 18.5 Å². The second kappa shape index (κ2) is 6.01. The summed E-state index contributed by atoms with van der Waals surface area (Å²) in [6.07, 6.45) is 1.14. The van der Waals surface area contributed by atoms with Gasteiger partial charge >= 0.3 is 0 Å². The highest BCUT2D eigenvalue weighted by molar-refractivity contribution is 6.32. The number of nitrogens with one attached hydrogen (secondary N) is 1. The summed E-state index contributed by atoms with van der Waals surface area (Å²) in [6.45, 7) is 5.11. The van der Waals surface area contributed by atoms with Gasteiger partial charge in [0.25, 0.3) is 0 Å². The minimum absolute atomic E-state index is 0.127. The van der Waals surface area contributed by atoms with Gasteiger partial charge in [0.2, 0.25) is 0 Å². The predicted octanol–water partition coefficient (Wildman–Crippen LogP) is 1.45. The van der Waals surface area contributed by atoms with Gasteiger partial charge < -0.3 is 5.32 Å². The molecule has 0 amide bonds. The Morgan fingerprint density at radius 1 is 1.50 bits per heavy atom. The van der Waals surface area contributed by atoms with Crippen molar-refractivity contribution in [2.24, 2.45) is 0 Å². The molecule has 4 nitrogen and oxygen atoms in total. The smallest absolute Gasteiger partial charge is 0.152 e. The van der Waals surface area contributed by atoms with Gasteiger partial charge in [0, 0.05) is 6.54 Å². The molecule has 0 saturated heterocycles. The van der Waals surface area contributed by atoms with Gasteiger partial charge in [0.15, 0.2) is 5.78 Å². The van der Waals surface area contributed by atoms with Crippen LogP contribution in [0.15, 0.2) is 0 Å². The van der Waals surface area contributed by atoms with E-state index in [1.807, 2.05) is 18.5 Å². The Hall–Kier alpha value is -0.870. The van der Waals surface area contributed by atoms with E-state index in [1.54, 1.807) is 7.05 Å². The molecule has 16 heavy (non-hydrogen) atoms. The minimum atomic E-state index is 0.127. The first-order valence-electron chi connectivity index (χ1n) is 5.54. The van der Waals surface area contributed by atoms with Gasteiger partial charge in [0.1, 0.15) is 0 Å². The largest absolute Gasteiger partial charge is 0.313 e. The van der Waals surface area contributed by atoms with E-state index in [-0.39, 0.29) is 5.78 Å². The molecule has 0 spiro atoms. The number of rotatable bonds is 6. The van der Waals surface area contributed by atoms with Gasteiger partial charge in [-0.2, -0.15) is 5.10 Å². The maximum atomic E-state index is 11.6. The molecule has 1 N–H and O–H groups in total. The van der Waals surface area contributed by atoms with Crippen LogP contribution in [0.25, 0.3) is 0 Å². The van der Waals surface area contributed by atoms with E-state index in [1.165, 1.54) is 0 Å². The van der Waals surface area contributed by atoms with E-state index in [2.05, 4.69) is 10.4 Å². The highest BCUT2D eigenvalue weighted by Crippen LogP contribution is 2.22. The van der Waals surface area contributed by atoms with Gasteiger partial charge in [-0.3, -0.25) is 9.48 Å². The van der Waals surface area contributed by atoms with Gasteiger partial charge in [-0.05, 0) is 20.4 Å². The molecule has 1 heterocycles.